The number of aromatic nitrogens is 2. The minimum atomic E-state index is 0.764. The predicted octanol–water partition coefficient (Wildman–Crippen LogP) is 9.30. The van der Waals surface area contributed by atoms with Crippen LogP contribution in [-0.2, 0) is 4.74 Å². The summed E-state index contributed by atoms with van der Waals surface area (Å²) < 4.78 is 5.13. The van der Waals surface area contributed by atoms with Crippen LogP contribution in [0.3, 0.4) is 0 Å². The minimum Gasteiger partial charge on any atom is -0.381 e. The first-order chi connectivity index (χ1) is 17.4. The van der Waals surface area contributed by atoms with Gasteiger partial charge in [-0.1, -0.05) is 104 Å². The molecule has 0 fully saturated rings. The number of ether oxygens (including phenoxy) is 1. The molecule has 1 aromatic heterocycles. The lowest BCUT2D eigenvalue weighted by molar-refractivity contribution is 0.135. The van der Waals surface area contributed by atoms with Crippen molar-refractivity contribution >= 4 is 18.0 Å². The first kappa shape index (κ1) is 33.5. The third kappa shape index (κ3) is 12.0. The maximum Gasteiger partial charge on any atom is 0.139 e. The summed E-state index contributed by atoms with van der Waals surface area (Å²) in [5.41, 5.74) is 5.26. The van der Waals surface area contributed by atoms with Gasteiger partial charge in [-0.2, -0.15) is 0 Å². The van der Waals surface area contributed by atoms with Crippen LogP contribution in [0, 0.1) is 13.8 Å². The van der Waals surface area contributed by atoms with Gasteiger partial charge in [-0.15, -0.1) is 0 Å². The molecule has 202 valence electrons. The number of benzene rings is 1. The van der Waals surface area contributed by atoms with E-state index in [0.717, 1.165) is 73.0 Å². The van der Waals surface area contributed by atoms with Gasteiger partial charge >= 0.3 is 0 Å². The molecular weight excluding hydrogens is 442 g/mol. The molecule has 0 spiro atoms. The summed E-state index contributed by atoms with van der Waals surface area (Å²) in [7, 11) is 2.06. The summed E-state index contributed by atoms with van der Waals surface area (Å²) in [6.45, 7) is 25.6. The second kappa shape index (κ2) is 20.7. The lowest BCUT2D eigenvalue weighted by Crippen LogP contribution is -2.21. The normalized spacial score (nSPS) is 10.0. The van der Waals surface area contributed by atoms with Crippen molar-refractivity contribution in [2.75, 3.05) is 31.7 Å². The van der Waals surface area contributed by atoms with Crippen molar-refractivity contribution in [3.63, 3.8) is 0 Å². The molecule has 0 amide bonds. The van der Waals surface area contributed by atoms with E-state index >= 15 is 0 Å². The Balaban J connectivity index is 0.000000777. The highest BCUT2D eigenvalue weighted by atomic mass is 16.5. The third-order valence-electron chi connectivity index (χ3n) is 5.60. The number of hydrogen-bond donors (Lipinski definition) is 0. The zero-order chi connectivity index (χ0) is 27.3. The zero-order valence-electron chi connectivity index (χ0n) is 24.6. The highest BCUT2D eigenvalue weighted by Crippen LogP contribution is 2.33. The van der Waals surface area contributed by atoms with E-state index in [1.807, 2.05) is 19.1 Å². The molecule has 0 unspecified atom stereocenters. The third-order valence-corrected chi connectivity index (χ3v) is 5.60. The molecule has 1 heterocycles. The lowest BCUT2D eigenvalue weighted by Gasteiger charge is -2.22. The van der Waals surface area contributed by atoms with Gasteiger partial charge in [0.2, 0.25) is 0 Å². The van der Waals surface area contributed by atoms with Crippen LogP contribution in [0.5, 0.6) is 0 Å². The molecule has 1 aromatic carbocycles. The summed E-state index contributed by atoms with van der Waals surface area (Å²) in [6.07, 6.45) is 12.6. The maximum absolute atomic E-state index is 5.13. The standard InChI is InChI=1S/C20H25N3.C6H14O.C6H14/c1-7-13-23(6)20-17(9-3)19(21-15(5)22-20)18-12-10-11-14(4)16(18)8-2;1-3-5-7-6-4-2;1-3-5-6-4-2/h8-12H,2-3,7,13H2,1,4-6H3;3-6H2,1-2H3;3-6H2,1-2H3. The fourth-order valence-electron chi connectivity index (χ4n) is 3.74. The first-order valence-corrected chi connectivity index (χ1v) is 13.9. The van der Waals surface area contributed by atoms with Gasteiger partial charge in [0.25, 0.3) is 0 Å². The van der Waals surface area contributed by atoms with Gasteiger partial charge in [-0.25, -0.2) is 9.97 Å². The minimum absolute atomic E-state index is 0.764. The van der Waals surface area contributed by atoms with Crippen molar-refractivity contribution in [3.8, 4) is 11.3 Å². The average Bonchev–Trinajstić information content (AvgIpc) is 2.88. The fourth-order valence-corrected chi connectivity index (χ4v) is 3.74. The van der Waals surface area contributed by atoms with E-state index in [-0.39, 0.29) is 0 Å². The molecule has 0 radical (unpaired) electrons. The molecule has 0 aliphatic carbocycles. The number of aryl methyl sites for hydroxylation is 2. The van der Waals surface area contributed by atoms with Crippen LogP contribution in [0.15, 0.2) is 31.4 Å². The molecule has 4 nitrogen and oxygen atoms in total. The molecule has 0 aliphatic heterocycles. The number of hydrogen-bond acceptors (Lipinski definition) is 4. The molecule has 0 saturated heterocycles. The zero-order valence-corrected chi connectivity index (χ0v) is 24.6. The van der Waals surface area contributed by atoms with Crippen LogP contribution < -0.4 is 4.90 Å². The Bertz CT molecular complexity index is 868. The summed E-state index contributed by atoms with van der Waals surface area (Å²) in [5.74, 6) is 1.70. The fraction of sp³-hybridized carbons (Fsp3) is 0.562. The Morgan fingerprint density at radius 1 is 0.806 bits per heavy atom. The Kier molecular flexibility index (Phi) is 19.3. The van der Waals surface area contributed by atoms with E-state index in [1.165, 1.54) is 31.2 Å². The van der Waals surface area contributed by atoms with Gasteiger partial charge in [-0.3, -0.25) is 0 Å². The van der Waals surface area contributed by atoms with Crippen molar-refractivity contribution < 1.29 is 4.74 Å². The monoisotopic (exact) mass is 495 g/mol. The smallest absolute Gasteiger partial charge is 0.139 e. The van der Waals surface area contributed by atoms with Gasteiger partial charge in [0, 0.05) is 37.9 Å². The van der Waals surface area contributed by atoms with Crippen LogP contribution in [0.25, 0.3) is 23.4 Å². The molecule has 36 heavy (non-hydrogen) atoms. The van der Waals surface area contributed by atoms with Gasteiger partial charge < -0.3 is 9.64 Å². The van der Waals surface area contributed by atoms with Crippen LogP contribution in [-0.4, -0.2) is 36.8 Å². The Labute approximate surface area is 222 Å². The number of nitrogens with zero attached hydrogens (tertiary/aromatic N) is 3. The highest BCUT2D eigenvalue weighted by Gasteiger charge is 2.17. The molecule has 2 aromatic rings. The van der Waals surface area contributed by atoms with E-state index in [0.29, 0.717) is 0 Å². The molecule has 0 aliphatic rings. The topological polar surface area (TPSA) is 38.2 Å². The van der Waals surface area contributed by atoms with Crippen LogP contribution >= 0.6 is 0 Å². The quantitative estimate of drug-likeness (QED) is 0.259. The molecule has 0 N–H and O–H groups in total. The van der Waals surface area contributed by atoms with Crippen LogP contribution in [0.4, 0.5) is 5.82 Å². The first-order valence-electron chi connectivity index (χ1n) is 13.9. The van der Waals surface area contributed by atoms with Crippen molar-refractivity contribution in [1.82, 2.24) is 9.97 Å². The average molecular weight is 496 g/mol. The number of rotatable bonds is 13. The molecule has 0 atom stereocenters. The van der Waals surface area contributed by atoms with Crippen LogP contribution in [0.1, 0.15) is 102 Å². The summed E-state index contributed by atoms with van der Waals surface area (Å²) in [4.78, 5) is 11.5. The van der Waals surface area contributed by atoms with Gasteiger partial charge in [-0.05, 0) is 44.2 Å². The van der Waals surface area contributed by atoms with E-state index in [9.17, 15) is 0 Å². The van der Waals surface area contributed by atoms with E-state index in [4.69, 9.17) is 9.72 Å². The Hall–Kier alpha value is -2.46. The number of unbranched alkanes of at least 4 members (excludes halogenated alkanes) is 3. The van der Waals surface area contributed by atoms with Crippen molar-refractivity contribution in [2.24, 2.45) is 0 Å². The van der Waals surface area contributed by atoms with Crippen LogP contribution in [0.2, 0.25) is 0 Å². The summed E-state index contributed by atoms with van der Waals surface area (Å²) >= 11 is 0. The molecule has 4 heteroatoms. The Morgan fingerprint density at radius 2 is 1.39 bits per heavy atom. The highest BCUT2D eigenvalue weighted by molar-refractivity contribution is 5.83. The SMILES string of the molecule is C=Cc1c(C)cccc1-c1nc(C)nc(N(C)CCC)c1C=C.CCCCCC.CCCOCCC. The second-order valence-electron chi connectivity index (χ2n) is 9.04. The van der Waals surface area contributed by atoms with E-state index < -0.39 is 0 Å². The molecule has 0 bridgehead atoms. The summed E-state index contributed by atoms with van der Waals surface area (Å²) in [6, 6.07) is 6.23. The van der Waals surface area contributed by atoms with Gasteiger partial charge in [0.1, 0.15) is 11.6 Å². The van der Waals surface area contributed by atoms with Crippen molar-refractivity contribution in [3.05, 3.63) is 53.9 Å². The maximum atomic E-state index is 5.13. The van der Waals surface area contributed by atoms with Gasteiger partial charge in [0.05, 0.1) is 5.69 Å². The summed E-state index contributed by atoms with van der Waals surface area (Å²) in [5, 5.41) is 0. The number of anilines is 1. The van der Waals surface area contributed by atoms with Gasteiger partial charge in [0.15, 0.2) is 0 Å². The predicted molar refractivity (Wildman–Crippen MR) is 162 cm³/mol. The Morgan fingerprint density at radius 3 is 1.86 bits per heavy atom. The second-order valence-corrected chi connectivity index (χ2v) is 9.04. The largest absolute Gasteiger partial charge is 0.381 e. The van der Waals surface area contributed by atoms with Crippen molar-refractivity contribution in [2.45, 2.75) is 93.4 Å². The molecule has 0 saturated carbocycles. The molecule has 2 rings (SSSR count). The lowest BCUT2D eigenvalue weighted by atomic mass is 9.96. The van der Waals surface area contributed by atoms with Crippen molar-refractivity contribution in [1.29, 1.82) is 0 Å². The van der Waals surface area contributed by atoms with E-state index in [1.54, 1.807) is 0 Å². The molecular formula is C32H53N3O. The van der Waals surface area contributed by atoms with E-state index in [2.05, 4.69) is 89.8 Å².